The van der Waals surface area contributed by atoms with Gasteiger partial charge >= 0.3 is 0 Å². The molecule has 1 aliphatic rings. The first kappa shape index (κ1) is 20.6. The molecular weight excluding hydrogens is 379 g/mol. The molecule has 1 aromatic carbocycles. The quantitative estimate of drug-likeness (QED) is 0.506. The van der Waals surface area contributed by atoms with Gasteiger partial charge in [0.05, 0.1) is 0 Å². The van der Waals surface area contributed by atoms with Gasteiger partial charge in [-0.2, -0.15) is 0 Å². The van der Waals surface area contributed by atoms with Gasteiger partial charge in [0.1, 0.15) is 5.82 Å². The molecule has 2 nitrogen and oxygen atoms in total. The van der Waals surface area contributed by atoms with Gasteiger partial charge in [0.25, 0.3) is 0 Å². The van der Waals surface area contributed by atoms with Gasteiger partial charge in [0, 0.05) is 42.3 Å². The minimum Gasteiger partial charge on any atom is -0.314 e. The second-order valence-electron chi connectivity index (χ2n) is 6.00. The highest BCUT2D eigenvalue weighted by Crippen LogP contribution is 2.32. The largest absolute Gasteiger partial charge is 0.314 e. The molecule has 0 radical (unpaired) electrons. The van der Waals surface area contributed by atoms with Crippen LogP contribution in [0.15, 0.2) is 29.3 Å². The summed E-state index contributed by atoms with van der Waals surface area (Å²) >= 11 is 3.52. The zero-order valence-electron chi connectivity index (χ0n) is 13.8. The lowest BCUT2D eigenvalue weighted by Gasteiger charge is -2.35. The highest BCUT2D eigenvalue weighted by Gasteiger charge is 2.25. The average molecular weight is 406 g/mol. The Kier molecular flexibility index (Phi) is 9.37. The van der Waals surface area contributed by atoms with Crippen molar-refractivity contribution < 1.29 is 4.39 Å². The molecule has 0 saturated carbocycles. The summed E-state index contributed by atoms with van der Waals surface area (Å²) in [6.07, 6.45) is 6.23. The highest BCUT2D eigenvalue weighted by atomic mass is 79.9. The van der Waals surface area contributed by atoms with E-state index in [0.717, 1.165) is 67.5 Å². The van der Waals surface area contributed by atoms with Crippen molar-refractivity contribution in [3.8, 4) is 0 Å². The van der Waals surface area contributed by atoms with Crippen molar-refractivity contribution in [1.82, 2.24) is 10.2 Å². The predicted octanol–water partition coefficient (Wildman–Crippen LogP) is 5.01. The topological polar surface area (TPSA) is 15.3 Å². The van der Waals surface area contributed by atoms with Crippen molar-refractivity contribution in [1.29, 1.82) is 0 Å². The van der Waals surface area contributed by atoms with E-state index in [1.54, 1.807) is 0 Å². The monoisotopic (exact) mass is 404 g/mol. The first-order chi connectivity index (χ1) is 10.6. The molecule has 0 spiro atoms. The molecule has 5 heteroatoms. The first-order valence-corrected chi connectivity index (χ1v) is 8.94. The molecule has 1 fully saturated rings. The zero-order valence-corrected chi connectivity index (χ0v) is 16.2. The number of hydrogen-bond donors (Lipinski definition) is 1. The van der Waals surface area contributed by atoms with E-state index in [4.69, 9.17) is 0 Å². The molecule has 130 valence electrons. The number of hydrogen-bond acceptors (Lipinski definition) is 2. The summed E-state index contributed by atoms with van der Waals surface area (Å²) in [5.74, 6) is -0.0459. The molecule has 2 rings (SSSR count). The summed E-state index contributed by atoms with van der Waals surface area (Å²) in [6.45, 7) is 9.56. The summed E-state index contributed by atoms with van der Waals surface area (Å²) in [4.78, 5) is 2.43. The molecule has 0 amide bonds. The standard InChI is InChI=1S/C18H26BrFN2.ClH/c1-3-4-5-6-7-17(22-10-8-21-9-11-22)16-13-15(19)12-14(2)18(16)20;/h3,12-13,17,21H,1,4-11H2,2H3;1H/t17-;/m0./s1. The Morgan fingerprint density at radius 1 is 1.35 bits per heavy atom. The van der Waals surface area contributed by atoms with Crippen LogP contribution in [0.2, 0.25) is 0 Å². The zero-order chi connectivity index (χ0) is 15.9. The van der Waals surface area contributed by atoms with Crippen molar-refractivity contribution in [2.45, 2.75) is 38.6 Å². The predicted molar refractivity (Wildman–Crippen MR) is 102 cm³/mol. The lowest BCUT2D eigenvalue weighted by Crippen LogP contribution is -2.45. The van der Waals surface area contributed by atoms with Gasteiger partial charge in [-0.1, -0.05) is 28.4 Å². The third-order valence-electron chi connectivity index (χ3n) is 4.33. The van der Waals surface area contributed by atoms with Crippen LogP contribution in [0, 0.1) is 12.7 Å². The average Bonchev–Trinajstić information content (AvgIpc) is 2.52. The fraction of sp³-hybridized carbons (Fsp3) is 0.556. The number of nitrogens with zero attached hydrogens (tertiary/aromatic N) is 1. The summed E-state index contributed by atoms with van der Waals surface area (Å²) in [5.41, 5.74) is 1.56. The fourth-order valence-electron chi connectivity index (χ4n) is 3.15. The van der Waals surface area contributed by atoms with E-state index in [2.05, 4.69) is 32.7 Å². The first-order valence-electron chi connectivity index (χ1n) is 8.14. The highest BCUT2D eigenvalue weighted by molar-refractivity contribution is 9.10. The van der Waals surface area contributed by atoms with Crippen molar-refractivity contribution in [2.24, 2.45) is 0 Å². The van der Waals surface area contributed by atoms with Gasteiger partial charge in [-0.05, 0) is 43.9 Å². The van der Waals surface area contributed by atoms with E-state index in [9.17, 15) is 4.39 Å². The van der Waals surface area contributed by atoms with E-state index in [0.29, 0.717) is 0 Å². The third kappa shape index (κ3) is 5.86. The van der Waals surface area contributed by atoms with Gasteiger partial charge in [-0.25, -0.2) is 4.39 Å². The summed E-state index contributed by atoms with van der Waals surface area (Å²) in [6, 6.07) is 3.98. The van der Waals surface area contributed by atoms with Crippen LogP contribution in [0.5, 0.6) is 0 Å². The summed E-state index contributed by atoms with van der Waals surface area (Å²) < 4.78 is 15.6. The number of rotatable bonds is 7. The van der Waals surface area contributed by atoms with Gasteiger partial charge < -0.3 is 5.32 Å². The minimum absolute atomic E-state index is 0. The number of aryl methyl sites for hydroxylation is 1. The summed E-state index contributed by atoms with van der Waals surface area (Å²) in [5, 5.41) is 3.38. The number of unbranched alkanes of at least 4 members (excludes halogenated alkanes) is 2. The number of piperazine rings is 1. The third-order valence-corrected chi connectivity index (χ3v) is 4.79. The number of halogens is 3. The van der Waals surface area contributed by atoms with E-state index >= 15 is 0 Å². The molecule has 1 atom stereocenters. The van der Waals surface area contributed by atoms with Crippen molar-refractivity contribution in [3.63, 3.8) is 0 Å². The smallest absolute Gasteiger partial charge is 0.130 e. The molecule has 23 heavy (non-hydrogen) atoms. The fourth-order valence-corrected chi connectivity index (χ4v) is 3.74. The lowest BCUT2D eigenvalue weighted by molar-refractivity contribution is 0.159. The molecule has 1 N–H and O–H groups in total. The minimum atomic E-state index is -0.0459. The maximum absolute atomic E-state index is 14.7. The Labute approximate surface area is 154 Å². The number of benzene rings is 1. The van der Waals surface area contributed by atoms with Crippen molar-refractivity contribution in [3.05, 3.63) is 46.2 Å². The molecule has 1 heterocycles. The number of allylic oxidation sites excluding steroid dienone is 1. The van der Waals surface area contributed by atoms with Crippen LogP contribution < -0.4 is 5.32 Å². The van der Waals surface area contributed by atoms with Crippen LogP contribution in [0.1, 0.15) is 42.9 Å². The van der Waals surface area contributed by atoms with Crippen LogP contribution >= 0.6 is 28.3 Å². The Morgan fingerprint density at radius 2 is 2.04 bits per heavy atom. The van der Waals surface area contributed by atoms with Gasteiger partial charge in [0.15, 0.2) is 0 Å². The van der Waals surface area contributed by atoms with Gasteiger partial charge in [-0.15, -0.1) is 19.0 Å². The van der Waals surface area contributed by atoms with E-state index in [1.165, 1.54) is 0 Å². The number of nitrogens with one attached hydrogen (secondary N) is 1. The molecule has 1 aromatic rings. The van der Waals surface area contributed by atoms with Crippen LogP contribution in [-0.2, 0) is 0 Å². The molecule has 0 unspecified atom stereocenters. The second kappa shape index (κ2) is 10.4. The molecule has 1 saturated heterocycles. The van der Waals surface area contributed by atoms with Gasteiger partial charge in [-0.3, -0.25) is 4.90 Å². The van der Waals surface area contributed by atoms with Gasteiger partial charge in [0.2, 0.25) is 0 Å². The molecule has 0 bridgehead atoms. The maximum Gasteiger partial charge on any atom is 0.130 e. The molecule has 0 aliphatic carbocycles. The second-order valence-corrected chi connectivity index (χ2v) is 6.92. The molecule has 1 aliphatic heterocycles. The Balaban J connectivity index is 0.00000264. The van der Waals surface area contributed by atoms with Crippen LogP contribution in [0.25, 0.3) is 0 Å². The molecule has 0 aromatic heterocycles. The van der Waals surface area contributed by atoms with E-state index in [-0.39, 0.29) is 24.3 Å². The summed E-state index contributed by atoms with van der Waals surface area (Å²) in [7, 11) is 0. The van der Waals surface area contributed by atoms with E-state index < -0.39 is 0 Å². The van der Waals surface area contributed by atoms with Crippen LogP contribution in [0.4, 0.5) is 4.39 Å². The van der Waals surface area contributed by atoms with Crippen molar-refractivity contribution >= 4 is 28.3 Å². The lowest BCUT2D eigenvalue weighted by atomic mass is 9.96. The van der Waals surface area contributed by atoms with E-state index in [1.807, 2.05) is 25.1 Å². The van der Waals surface area contributed by atoms with Crippen LogP contribution in [0.3, 0.4) is 0 Å². The SMILES string of the molecule is C=CCCCC[C@@H](c1cc(Br)cc(C)c1F)N1CCNCC1.Cl. The Hall–Kier alpha value is -0.420. The normalized spacial score (nSPS) is 16.7. The van der Waals surface area contributed by atoms with Crippen molar-refractivity contribution in [2.75, 3.05) is 26.2 Å². The maximum atomic E-state index is 14.7. The molecular formula is C18H27BrClFN2. The Morgan fingerprint density at radius 3 is 2.70 bits per heavy atom. The van der Waals surface area contributed by atoms with Crippen LogP contribution in [-0.4, -0.2) is 31.1 Å². The Bertz CT molecular complexity index is 504.